The summed E-state index contributed by atoms with van der Waals surface area (Å²) in [6.45, 7) is 12.2. The lowest BCUT2D eigenvalue weighted by Crippen LogP contribution is -2.21. The molecule has 0 spiro atoms. The van der Waals surface area contributed by atoms with Crippen molar-refractivity contribution in [3.63, 3.8) is 0 Å². The Hall–Kier alpha value is 0. The highest BCUT2D eigenvalue weighted by Crippen LogP contribution is 2.35. The molecule has 0 aromatic carbocycles. The van der Waals surface area contributed by atoms with E-state index < -0.39 is 0 Å². The predicted octanol–water partition coefficient (Wildman–Crippen LogP) is 6.30. The summed E-state index contributed by atoms with van der Waals surface area (Å²) in [7, 11) is 0. The molecule has 1 aliphatic rings. The van der Waals surface area contributed by atoms with Crippen LogP contribution in [-0.2, 0) is 0 Å². The summed E-state index contributed by atoms with van der Waals surface area (Å²) in [5.74, 6) is 4.77. The van der Waals surface area contributed by atoms with E-state index in [9.17, 15) is 0 Å². The topological polar surface area (TPSA) is 0 Å². The van der Waals surface area contributed by atoms with Gasteiger partial charge in [-0.15, -0.1) is 0 Å². The molecule has 0 amide bonds. The fourth-order valence-electron chi connectivity index (χ4n) is 4.02. The third-order valence-corrected chi connectivity index (χ3v) is 5.73. The van der Waals surface area contributed by atoms with E-state index in [2.05, 4.69) is 34.6 Å². The Bertz CT molecular complexity index is 202. The van der Waals surface area contributed by atoms with Crippen LogP contribution in [0.4, 0.5) is 0 Å². The highest BCUT2D eigenvalue weighted by atomic mass is 14.3. The smallest absolute Gasteiger partial charge is 0.0386 e. The molecule has 0 radical (unpaired) electrons. The minimum absolute atomic E-state index is 0.897. The molecule has 0 heteroatoms. The zero-order valence-electron chi connectivity index (χ0n) is 13.5. The summed E-state index contributed by atoms with van der Waals surface area (Å²) < 4.78 is 0. The van der Waals surface area contributed by atoms with Crippen LogP contribution in [0.5, 0.6) is 0 Å². The number of hydrogen-bond donors (Lipinski definition) is 0. The summed E-state index contributed by atoms with van der Waals surface area (Å²) >= 11 is 0. The molecule has 0 bridgehead atoms. The first kappa shape index (κ1) is 16.1. The molecule has 0 aliphatic heterocycles. The first-order valence-corrected chi connectivity index (χ1v) is 8.58. The Kier molecular flexibility index (Phi) is 7.34. The molecule has 4 atom stereocenters. The molecule has 0 aromatic rings. The molecule has 0 aromatic heterocycles. The van der Waals surface area contributed by atoms with Gasteiger partial charge in [0.05, 0.1) is 0 Å². The van der Waals surface area contributed by atoms with Crippen molar-refractivity contribution in [2.45, 2.75) is 86.0 Å². The predicted molar refractivity (Wildman–Crippen MR) is 82.8 cm³/mol. The Labute approximate surface area is 116 Å². The fourth-order valence-corrected chi connectivity index (χ4v) is 4.02. The normalized spacial score (nSPS) is 23.8. The Morgan fingerprint density at radius 1 is 0.944 bits per heavy atom. The molecule has 1 rings (SSSR count). The quantitative estimate of drug-likeness (QED) is 0.475. The summed E-state index contributed by atoms with van der Waals surface area (Å²) in [6, 6.07) is 0. The van der Waals surface area contributed by atoms with E-state index in [0.717, 1.165) is 29.6 Å². The second-order valence-corrected chi connectivity index (χ2v) is 7.14. The molecule has 1 aliphatic carbocycles. The lowest BCUT2D eigenvalue weighted by molar-refractivity contribution is 0.201. The molecule has 0 N–H and O–H groups in total. The summed E-state index contributed by atoms with van der Waals surface area (Å²) in [4.78, 5) is 0. The Morgan fingerprint density at radius 3 is 2.06 bits per heavy atom. The van der Waals surface area contributed by atoms with Crippen molar-refractivity contribution in [1.82, 2.24) is 0 Å². The zero-order valence-corrected chi connectivity index (χ0v) is 13.5. The van der Waals surface area contributed by atoms with Crippen LogP contribution in [-0.4, -0.2) is 0 Å². The van der Waals surface area contributed by atoms with Gasteiger partial charge in [-0.1, -0.05) is 73.1 Å². The lowest BCUT2D eigenvalue weighted by Gasteiger charge is -2.30. The molecule has 0 heterocycles. The van der Waals surface area contributed by atoms with Crippen LogP contribution < -0.4 is 0 Å². The third kappa shape index (κ3) is 4.94. The van der Waals surface area contributed by atoms with Gasteiger partial charge in [-0.3, -0.25) is 0 Å². The minimum atomic E-state index is 0.897. The fraction of sp³-hybridized carbons (Fsp3) is 1.00. The molecule has 0 saturated heterocycles. The molecule has 2 unspecified atom stereocenters. The zero-order chi connectivity index (χ0) is 13.5. The average Bonchev–Trinajstić information content (AvgIpc) is 2.86. The molecule has 18 heavy (non-hydrogen) atoms. The van der Waals surface area contributed by atoms with Crippen molar-refractivity contribution in [3.05, 3.63) is 0 Å². The second-order valence-electron chi connectivity index (χ2n) is 7.14. The van der Waals surface area contributed by atoms with Crippen LogP contribution in [0, 0.1) is 29.6 Å². The molecule has 0 nitrogen and oxygen atoms in total. The second kappa shape index (κ2) is 8.23. The van der Waals surface area contributed by atoms with E-state index >= 15 is 0 Å². The molecular formula is C18H36. The maximum atomic E-state index is 2.50. The highest BCUT2D eigenvalue weighted by molar-refractivity contribution is 4.75. The van der Waals surface area contributed by atoms with E-state index in [0.29, 0.717) is 0 Å². The molecule has 1 fully saturated rings. The van der Waals surface area contributed by atoms with Crippen LogP contribution in [0.2, 0.25) is 0 Å². The van der Waals surface area contributed by atoms with Gasteiger partial charge in [0.25, 0.3) is 0 Å². The molecular weight excluding hydrogens is 216 g/mol. The van der Waals surface area contributed by atoms with Crippen LogP contribution in [0.15, 0.2) is 0 Å². The van der Waals surface area contributed by atoms with Crippen molar-refractivity contribution in [3.8, 4) is 0 Å². The van der Waals surface area contributed by atoms with E-state index in [4.69, 9.17) is 0 Å². The van der Waals surface area contributed by atoms with Gasteiger partial charge in [-0.2, -0.15) is 0 Å². The van der Waals surface area contributed by atoms with E-state index in [1.807, 2.05) is 0 Å². The van der Waals surface area contributed by atoms with Crippen LogP contribution in [0.1, 0.15) is 86.0 Å². The Morgan fingerprint density at radius 2 is 1.56 bits per heavy atom. The van der Waals surface area contributed by atoms with Gasteiger partial charge in [-0.05, 0) is 42.4 Å². The van der Waals surface area contributed by atoms with Crippen LogP contribution in [0.3, 0.4) is 0 Å². The van der Waals surface area contributed by atoms with Crippen LogP contribution >= 0.6 is 0 Å². The van der Waals surface area contributed by atoms with Gasteiger partial charge in [0.2, 0.25) is 0 Å². The third-order valence-electron chi connectivity index (χ3n) is 5.73. The van der Waals surface area contributed by atoms with E-state index in [-0.39, 0.29) is 0 Å². The lowest BCUT2D eigenvalue weighted by atomic mass is 9.75. The summed E-state index contributed by atoms with van der Waals surface area (Å²) in [6.07, 6.45) is 11.7. The van der Waals surface area contributed by atoms with Gasteiger partial charge >= 0.3 is 0 Å². The van der Waals surface area contributed by atoms with E-state index in [1.54, 1.807) is 0 Å². The van der Waals surface area contributed by atoms with Gasteiger partial charge in [0, 0.05) is 0 Å². The van der Waals surface area contributed by atoms with Gasteiger partial charge in [-0.25, -0.2) is 0 Å². The summed E-state index contributed by atoms with van der Waals surface area (Å²) in [5, 5.41) is 0. The van der Waals surface area contributed by atoms with Gasteiger partial charge in [0.1, 0.15) is 0 Å². The molecule has 108 valence electrons. The van der Waals surface area contributed by atoms with Gasteiger partial charge in [0.15, 0.2) is 0 Å². The number of rotatable bonds is 8. The standard InChI is InChI=1S/C18H36/c1-6-15(4)16(5)18(7-2)13-14(3)12-17-10-8-9-11-17/h14-18H,6-13H2,1-5H3/t14?,15?,16-,18+/m0/s1. The van der Waals surface area contributed by atoms with Crippen molar-refractivity contribution in [2.24, 2.45) is 29.6 Å². The Balaban J connectivity index is 2.36. The highest BCUT2D eigenvalue weighted by Gasteiger charge is 2.24. The maximum Gasteiger partial charge on any atom is -0.0386 e. The largest absolute Gasteiger partial charge is 0.0651 e. The van der Waals surface area contributed by atoms with Crippen molar-refractivity contribution in [1.29, 1.82) is 0 Å². The minimum Gasteiger partial charge on any atom is -0.0651 e. The monoisotopic (exact) mass is 252 g/mol. The van der Waals surface area contributed by atoms with Gasteiger partial charge < -0.3 is 0 Å². The van der Waals surface area contributed by atoms with Crippen LogP contribution in [0.25, 0.3) is 0 Å². The SMILES string of the molecule is CCC(C)[C@H](C)[C@H](CC)CC(C)CC1CCCC1. The average molecular weight is 252 g/mol. The molecule has 1 saturated carbocycles. The van der Waals surface area contributed by atoms with Crippen molar-refractivity contribution >= 4 is 0 Å². The first-order valence-electron chi connectivity index (χ1n) is 8.58. The number of hydrogen-bond acceptors (Lipinski definition) is 0. The maximum absolute atomic E-state index is 2.50. The van der Waals surface area contributed by atoms with Crippen molar-refractivity contribution < 1.29 is 0 Å². The van der Waals surface area contributed by atoms with Crippen molar-refractivity contribution in [2.75, 3.05) is 0 Å². The van der Waals surface area contributed by atoms with E-state index in [1.165, 1.54) is 51.4 Å². The first-order chi connectivity index (χ1) is 8.58. The summed E-state index contributed by atoms with van der Waals surface area (Å²) in [5.41, 5.74) is 0.